The maximum Gasteiger partial charge on any atom is 0.164 e. The second-order valence-electron chi connectivity index (χ2n) is 14.0. The van der Waals surface area contributed by atoms with E-state index in [0.29, 0.717) is 17.5 Å². The van der Waals surface area contributed by atoms with Gasteiger partial charge in [-0.3, -0.25) is 0 Å². The summed E-state index contributed by atoms with van der Waals surface area (Å²) in [5, 5.41) is 4.70. The van der Waals surface area contributed by atoms with Crippen molar-refractivity contribution in [3.63, 3.8) is 0 Å². The van der Waals surface area contributed by atoms with E-state index in [1.54, 1.807) is 0 Å². The van der Waals surface area contributed by atoms with Crippen LogP contribution in [0.2, 0.25) is 0 Å². The number of fused-ring (bicyclic) bond motifs is 6. The smallest absolute Gasteiger partial charge is 0.164 e. The van der Waals surface area contributed by atoms with Gasteiger partial charge in [0.05, 0.1) is 0 Å². The lowest BCUT2D eigenvalue weighted by Gasteiger charge is -2.11. The molecule has 11 rings (SSSR count). The molecule has 8 aromatic carbocycles. The first-order valence-electron chi connectivity index (χ1n) is 18.7. The molecule has 5 heteroatoms. The van der Waals surface area contributed by atoms with Crippen LogP contribution >= 0.6 is 11.3 Å². The van der Waals surface area contributed by atoms with Crippen molar-refractivity contribution in [2.24, 2.45) is 0 Å². The van der Waals surface area contributed by atoms with E-state index in [2.05, 4.69) is 127 Å². The Morgan fingerprint density at radius 1 is 0.321 bits per heavy atom. The third-order valence-corrected chi connectivity index (χ3v) is 11.6. The van der Waals surface area contributed by atoms with Gasteiger partial charge in [0.25, 0.3) is 0 Å². The number of aromatic nitrogens is 3. The molecule has 0 atom stereocenters. The highest BCUT2D eigenvalue weighted by Crippen LogP contribution is 2.44. The number of hydrogen-bond donors (Lipinski definition) is 0. The van der Waals surface area contributed by atoms with Crippen molar-refractivity contribution >= 4 is 53.4 Å². The number of nitrogens with zero attached hydrogens (tertiary/aromatic N) is 3. The van der Waals surface area contributed by atoms with Crippen LogP contribution in [0.15, 0.2) is 192 Å². The third kappa shape index (κ3) is 5.65. The summed E-state index contributed by atoms with van der Waals surface area (Å²) in [7, 11) is 0. The SMILES string of the molecule is c1ccc(-c2cccc(-c3cc(-c4ccc5oc6cc(-c7nc(-c8ccccc8)nc(-c8ccccc8)n7)ccc6c5c4)cc4sc5ccccc5c34)c2)cc1. The Bertz CT molecular complexity index is 3180. The first kappa shape index (κ1) is 32.2. The summed E-state index contributed by atoms with van der Waals surface area (Å²) in [6.45, 7) is 0. The monoisotopic (exact) mass is 733 g/mol. The fourth-order valence-corrected chi connectivity index (χ4v) is 8.95. The molecule has 0 saturated heterocycles. The van der Waals surface area contributed by atoms with Crippen LogP contribution in [0.3, 0.4) is 0 Å². The van der Waals surface area contributed by atoms with Gasteiger partial charge in [0.2, 0.25) is 0 Å². The highest BCUT2D eigenvalue weighted by atomic mass is 32.1. The van der Waals surface area contributed by atoms with Crippen molar-refractivity contribution in [3.8, 4) is 67.5 Å². The normalized spacial score (nSPS) is 11.6. The third-order valence-electron chi connectivity index (χ3n) is 10.5. The number of rotatable bonds is 6. The number of hydrogen-bond acceptors (Lipinski definition) is 5. The summed E-state index contributed by atoms with van der Waals surface area (Å²) in [5.74, 6) is 1.86. The second-order valence-corrected chi connectivity index (χ2v) is 15.1. The van der Waals surface area contributed by atoms with Crippen LogP contribution in [0.4, 0.5) is 0 Å². The Balaban J connectivity index is 1.04. The van der Waals surface area contributed by atoms with Gasteiger partial charge >= 0.3 is 0 Å². The Morgan fingerprint density at radius 2 is 0.911 bits per heavy atom. The topological polar surface area (TPSA) is 51.8 Å². The van der Waals surface area contributed by atoms with Crippen LogP contribution in [-0.4, -0.2) is 15.0 Å². The highest BCUT2D eigenvalue weighted by Gasteiger charge is 2.18. The molecule has 0 amide bonds. The Kier molecular flexibility index (Phi) is 7.64. The van der Waals surface area contributed by atoms with E-state index in [4.69, 9.17) is 19.4 Å². The standard InChI is InChI=1S/C51H31N3OS/c1-4-13-32(14-5-1)35-19-12-20-37(27-35)42-29-39(31-47-48(42)41-21-10-11-22-46(41)56-47)36-24-26-44-43(28-36)40-25-23-38(30-45(40)55-44)51-53-49(33-15-6-2-7-16-33)52-50(54-51)34-17-8-3-9-18-34/h1-31H. The van der Waals surface area contributed by atoms with E-state index in [1.807, 2.05) is 72.0 Å². The maximum absolute atomic E-state index is 6.52. The van der Waals surface area contributed by atoms with Crippen LogP contribution < -0.4 is 0 Å². The zero-order valence-electron chi connectivity index (χ0n) is 30.1. The lowest BCUT2D eigenvalue weighted by atomic mass is 9.92. The van der Waals surface area contributed by atoms with Crippen LogP contribution in [0.25, 0.3) is 110 Å². The molecule has 0 aliphatic carbocycles. The van der Waals surface area contributed by atoms with Crippen molar-refractivity contribution in [1.82, 2.24) is 15.0 Å². The molecule has 0 spiro atoms. The van der Waals surface area contributed by atoms with Crippen molar-refractivity contribution in [3.05, 3.63) is 188 Å². The number of furan rings is 1. The zero-order valence-corrected chi connectivity index (χ0v) is 30.9. The molecule has 3 heterocycles. The van der Waals surface area contributed by atoms with Gasteiger partial charge in [0.1, 0.15) is 11.2 Å². The Labute approximate surface area is 327 Å². The molecule has 262 valence electrons. The highest BCUT2D eigenvalue weighted by molar-refractivity contribution is 7.26. The largest absolute Gasteiger partial charge is 0.456 e. The van der Waals surface area contributed by atoms with E-state index >= 15 is 0 Å². The minimum atomic E-state index is 0.598. The Morgan fingerprint density at radius 3 is 1.64 bits per heavy atom. The fourth-order valence-electron chi connectivity index (χ4n) is 7.78. The molecule has 4 nitrogen and oxygen atoms in total. The van der Waals surface area contributed by atoms with Crippen LogP contribution in [0.1, 0.15) is 0 Å². The Hall–Kier alpha value is -7.21. The molecule has 0 N–H and O–H groups in total. The second kappa shape index (κ2) is 13.3. The minimum absolute atomic E-state index is 0.598. The van der Waals surface area contributed by atoms with E-state index in [-0.39, 0.29) is 0 Å². The number of benzene rings is 8. The fraction of sp³-hybridized carbons (Fsp3) is 0. The van der Waals surface area contributed by atoms with Crippen LogP contribution in [0, 0.1) is 0 Å². The summed E-state index contributed by atoms with van der Waals surface area (Å²) in [6, 6.07) is 65.9. The predicted molar refractivity (Wildman–Crippen MR) is 233 cm³/mol. The van der Waals surface area contributed by atoms with Crippen LogP contribution in [0.5, 0.6) is 0 Å². The molecule has 3 aromatic heterocycles. The molecule has 0 bridgehead atoms. The van der Waals surface area contributed by atoms with Gasteiger partial charge in [-0.1, -0.05) is 140 Å². The molecule has 0 saturated carbocycles. The molecule has 0 fully saturated rings. The molecule has 11 aromatic rings. The van der Waals surface area contributed by atoms with Gasteiger partial charge in [-0.05, 0) is 81.9 Å². The molecular formula is C51H31N3OS. The first-order valence-corrected chi connectivity index (χ1v) is 19.5. The summed E-state index contributed by atoms with van der Waals surface area (Å²) in [5.41, 5.74) is 11.5. The van der Waals surface area contributed by atoms with Gasteiger partial charge < -0.3 is 4.42 Å². The summed E-state index contributed by atoms with van der Waals surface area (Å²) >= 11 is 1.85. The molecule has 0 aliphatic heterocycles. The van der Waals surface area contributed by atoms with Gasteiger partial charge in [-0.25, -0.2) is 15.0 Å². The van der Waals surface area contributed by atoms with Gasteiger partial charge in [0, 0.05) is 47.6 Å². The van der Waals surface area contributed by atoms with Crippen molar-refractivity contribution in [1.29, 1.82) is 0 Å². The summed E-state index contributed by atoms with van der Waals surface area (Å²) < 4.78 is 9.08. The molecule has 0 unspecified atom stereocenters. The quantitative estimate of drug-likeness (QED) is 0.171. The van der Waals surface area contributed by atoms with E-state index in [0.717, 1.165) is 44.2 Å². The minimum Gasteiger partial charge on any atom is -0.456 e. The van der Waals surface area contributed by atoms with E-state index < -0.39 is 0 Å². The van der Waals surface area contributed by atoms with Gasteiger partial charge in [0.15, 0.2) is 17.5 Å². The predicted octanol–water partition coefficient (Wildman–Crippen LogP) is 14.1. The lowest BCUT2D eigenvalue weighted by molar-refractivity contribution is 0.669. The van der Waals surface area contributed by atoms with Crippen molar-refractivity contribution in [2.45, 2.75) is 0 Å². The van der Waals surface area contributed by atoms with Crippen LogP contribution in [-0.2, 0) is 0 Å². The van der Waals surface area contributed by atoms with Gasteiger partial charge in [-0.2, -0.15) is 0 Å². The average Bonchev–Trinajstić information content (AvgIpc) is 3.84. The lowest BCUT2D eigenvalue weighted by Crippen LogP contribution is -2.00. The molecular weight excluding hydrogens is 703 g/mol. The zero-order chi connectivity index (χ0) is 37.0. The van der Waals surface area contributed by atoms with E-state index in [1.165, 1.54) is 48.0 Å². The average molecular weight is 734 g/mol. The number of thiophene rings is 1. The molecule has 0 radical (unpaired) electrons. The maximum atomic E-state index is 6.52. The molecule has 56 heavy (non-hydrogen) atoms. The van der Waals surface area contributed by atoms with E-state index in [9.17, 15) is 0 Å². The first-order chi connectivity index (χ1) is 27.7. The van der Waals surface area contributed by atoms with Crippen molar-refractivity contribution < 1.29 is 4.42 Å². The summed E-state index contributed by atoms with van der Waals surface area (Å²) in [6.07, 6.45) is 0. The van der Waals surface area contributed by atoms with Gasteiger partial charge in [-0.15, -0.1) is 11.3 Å². The summed E-state index contributed by atoms with van der Waals surface area (Å²) in [4.78, 5) is 14.8. The van der Waals surface area contributed by atoms with Crippen molar-refractivity contribution in [2.75, 3.05) is 0 Å². The molecule has 0 aliphatic rings.